The van der Waals surface area contributed by atoms with Gasteiger partial charge in [0.2, 0.25) is 5.09 Å². The average Bonchev–Trinajstić information content (AvgIpc) is 3.33. The van der Waals surface area contributed by atoms with Crippen LogP contribution < -0.4 is 9.64 Å². The number of furan rings is 1. The van der Waals surface area contributed by atoms with Crippen molar-refractivity contribution in [3.05, 3.63) is 41.7 Å². The summed E-state index contributed by atoms with van der Waals surface area (Å²) < 4.78 is 73.6. The van der Waals surface area contributed by atoms with Crippen LogP contribution in [0.25, 0.3) is 0 Å². The van der Waals surface area contributed by atoms with Gasteiger partial charge in [0.25, 0.3) is 10.0 Å². The predicted octanol–water partition coefficient (Wildman–Crippen LogP) is 3.92. The van der Waals surface area contributed by atoms with Gasteiger partial charge in [0.15, 0.2) is 0 Å². The van der Waals surface area contributed by atoms with Gasteiger partial charge >= 0.3 is 6.36 Å². The van der Waals surface area contributed by atoms with Crippen LogP contribution in [-0.2, 0) is 23.0 Å². The monoisotopic (exact) mass is 430 g/mol. The van der Waals surface area contributed by atoms with E-state index in [1.54, 1.807) is 12.1 Å². The van der Waals surface area contributed by atoms with Gasteiger partial charge in [0.1, 0.15) is 11.5 Å². The van der Waals surface area contributed by atoms with E-state index in [1.807, 2.05) is 4.90 Å². The third kappa shape index (κ3) is 4.37. The van der Waals surface area contributed by atoms with E-state index in [4.69, 9.17) is 4.42 Å². The summed E-state index contributed by atoms with van der Waals surface area (Å²) in [6, 6.07) is 7.39. The highest BCUT2D eigenvalue weighted by atomic mass is 32.2. The molecular weight excluding hydrogens is 409 g/mol. The van der Waals surface area contributed by atoms with Gasteiger partial charge in [-0.1, -0.05) is 0 Å². The van der Waals surface area contributed by atoms with Crippen molar-refractivity contribution in [2.24, 2.45) is 0 Å². The molecule has 0 unspecified atom stereocenters. The molecule has 0 amide bonds. The molecule has 6 nitrogen and oxygen atoms in total. The summed E-state index contributed by atoms with van der Waals surface area (Å²) in [7, 11) is -3.62. The number of ether oxygens (including phenoxy) is 1. The molecule has 0 atom stereocenters. The molecule has 2 aromatic rings. The Hall–Kier alpha value is -2.20. The van der Waals surface area contributed by atoms with Crippen LogP contribution in [-0.4, -0.2) is 38.7 Å². The Kier molecular flexibility index (Phi) is 5.24. The van der Waals surface area contributed by atoms with Gasteiger partial charge in [0, 0.05) is 25.3 Å². The molecule has 0 spiro atoms. The molecule has 0 bridgehead atoms. The fraction of sp³-hybridized carbons (Fsp3) is 0.474. The van der Waals surface area contributed by atoms with Gasteiger partial charge in [-0.25, -0.2) is 8.42 Å². The molecule has 29 heavy (non-hydrogen) atoms. The smallest absolute Gasteiger partial charge is 0.446 e. The summed E-state index contributed by atoms with van der Waals surface area (Å²) in [5, 5.41) is -0.0689. The second-order valence-electron chi connectivity index (χ2n) is 7.20. The molecule has 0 N–H and O–H groups in total. The number of hydrogen-bond donors (Lipinski definition) is 0. The minimum atomic E-state index is -4.73. The highest BCUT2D eigenvalue weighted by Crippen LogP contribution is 2.34. The van der Waals surface area contributed by atoms with Crippen molar-refractivity contribution >= 4 is 15.7 Å². The van der Waals surface area contributed by atoms with E-state index in [9.17, 15) is 21.6 Å². The van der Waals surface area contributed by atoms with Crippen LogP contribution in [0.5, 0.6) is 5.75 Å². The molecule has 3 heterocycles. The molecule has 158 valence electrons. The number of aryl methyl sites for hydroxylation is 1. The second kappa shape index (κ2) is 7.56. The highest BCUT2D eigenvalue weighted by molar-refractivity contribution is 7.89. The zero-order chi connectivity index (χ0) is 20.6. The predicted molar refractivity (Wildman–Crippen MR) is 99.2 cm³/mol. The number of halogens is 3. The lowest BCUT2D eigenvalue weighted by Crippen LogP contribution is -2.29. The molecule has 0 aliphatic carbocycles. The number of nitrogens with zero attached hydrogens (tertiary/aromatic N) is 2. The molecule has 0 saturated carbocycles. The molecule has 10 heteroatoms. The van der Waals surface area contributed by atoms with Crippen molar-refractivity contribution < 1.29 is 30.7 Å². The standard InChI is InChI=1S/C19H21F3N2O4S/c20-19(21,22)28-15-5-7-17-14(12-15)4-3-9-23(17)13-16-6-8-18(27-16)29(25,26)24-10-1-2-11-24/h5-8,12H,1-4,9-11,13H2. The number of sulfonamides is 1. The largest absolute Gasteiger partial charge is 0.573 e. The molecule has 1 aromatic carbocycles. The first-order valence-corrected chi connectivity index (χ1v) is 10.9. The van der Waals surface area contributed by atoms with Gasteiger partial charge in [-0.3, -0.25) is 0 Å². The van der Waals surface area contributed by atoms with E-state index >= 15 is 0 Å². The Labute approximate surface area is 166 Å². The second-order valence-corrected chi connectivity index (χ2v) is 9.06. The molecule has 1 saturated heterocycles. The van der Waals surface area contributed by atoms with Crippen LogP contribution in [0.15, 0.2) is 39.8 Å². The van der Waals surface area contributed by atoms with Crippen molar-refractivity contribution in [2.45, 2.75) is 43.7 Å². The lowest BCUT2D eigenvalue weighted by Gasteiger charge is -2.31. The molecule has 2 aliphatic heterocycles. The Morgan fingerprint density at radius 1 is 1.03 bits per heavy atom. The van der Waals surface area contributed by atoms with Gasteiger partial charge in [0.05, 0.1) is 6.54 Å². The fourth-order valence-corrected chi connectivity index (χ4v) is 5.28. The summed E-state index contributed by atoms with van der Waals surface area (Å²) in [5.74, 6) is 0.251. The Balaban J connectivity index is 1.51. The molecular formula is C19H21F3N2O4S. The SMILES string of the molecule is O=S(=O)(c1ccc(CN2CCCc3cc(OC(F)(F)F)ccc32)o1)N1CCCC1. The topological polar surface area (TPSA) is 63.0 Å². The van der Waals surface area contributed by atoms with E-state index in [2.05, 4.69) is 4.74 Å². The Morgan fingerprint density at radius 3 is 2.52 bits per heavy atom. The molecule has 1 fully saturated rings. The average molecular weight is 430 g/mol. The normalized spacial score (nSPS) is 18.1. The summed E-state index contributed by atoms with van der Waals surface area (Å²) in [6.45, 7) is 2.03. The first kappa shape index (κ1) is 20.1. The van der Waals surface area contributed by atoms with Gasteiger partial charge in [-0.15, -0.1) is 13.2 Å². The lowest BCUT2D eigenvalue weighted by molar-refractivity contribution is -0.274. The van der Waals surface area contributed by atoms with Crippen LogP contribution in [0.1, 0.15) is 30.6 Å². The molecule has 2 aliphatic rings. The van der Waals surface area contributed by atoms with E-state index < -0.39 is 16.4 Å². The maximum absolute atomic E-state index is 12.6. The number of benzene rings is 1. The quantitative estimate of drug-likeness (QED) is 0.720. The summed E-state index contributed by atoms with van der Waals surface area (Å²) in [5.41, 5.74) is 1.56. The summed E-state index contributed by atoms with van der Waals surface area (Å²) in [4.78, 5) is 1.97. The number of anilines is 1. The Morgan fingerprint density at radius 2 is 1.79 bits per heavy atom. The van der Waals surface area contributed by atoms with Crippen molar-refractivity contribution in [3.63, 3.8) is 0 Å². The maximum atomic E-state index is 12.6. The third-order valence-electron chi connectivity index (χ3n) is 5.14. The van der Waals surface area contributed by atoms with Crippen LogP contribution in [0.4, 0.5) is 18.9 Å². The van der Waals surface area contributed by atoms with E-state index in [0.717, 1.165) is 30.5 Å². The number of rotatable bonds is 5. The number of fused-ring (bicyclic) bond motifs is 1. The third-order valence-corrected chi connectivity index (χ3v) is 6.92. The van der Waals surface area contributed by atoms with Crippen molar-refractivity contribution in [1.82, 2.24) is 4.31 Å². The van der Waals surface area contributed by atoms with Gasteiger partial charge in [-0.05, 0) is 61.6 Å². The minimum absolute atomic E-state index is 0.0689. The van der Waals surface area contributed by atoms with Crippen LogP contribution in [0, 0.1) is 0 Å². The van der Waals surface area contributed by atoms with Crippen molar-refractivity contribution in [2.75, 3.05) is 24.5 Å². The van der Waals surface area contributed by atoms with Crippen LogP contribution >= 0.6 is 0 Å². The maximum Gasteiger partial charge on any atom is 0.573 e. The molecule has 0 radical (unpaired) electrons. The van der Waals surface area contributed by atoms with Crippen LogP contribution in [0.3, 0.4) is 0 Å². The first-order valence-electron chi connectivity index (χ1n) is 9.45. The summed E-state index contributed by atoms with van der Waals surface area (Å²) in [6.07, 6.45) is -1.63. The van der Waals surface area contributed by atoms with E-state index in [1.165, 1.54) is 22.5 Å². The summed E-state index contributed by atoms with van der Waals surface area (Å²) >= 11 is 0. The first-order chi connectivity index (χ1) is 13.7. The van der Waals surface area contributed by atoms with Gasteiger partial charge < -0.3 is 14.1 Å². The zero-order valence-electron chi connectivity index (χ0n) is 15.6. The van der Waals surface area contributed by atoms with E-state index in [-0.39, 0.29) is 10.8 Å². The number of hydrogen-bond acceptors (Lipinski definition) is 5. The van der Waals surface area contributed by atoms with Crippen LogP contribution in [0.2, 0.25) is 0 Å². The lowest BCUT2D eigenvalue weighted by atomic mass is 10.0. The molecule has 1 aromatic heterocycles. The molecule has 4 rings (SSSR count). The van der Waals surface area contributed by atoms with Crippen molar-refractivity contribution in [3.8, 4) is 5.75 Å². The van der Waals surface area contributed by atoms with E-state index in [0.29, 0.717) is 38.4 Å². The van der Waals surface area contributed by atoms with Crippen molar-refractivity contribution in [1.29, 1.82) is 0 Å². The number of alkyl halides is 3. The van der Waals surface area contributed by atoms with Gasteiger partial charge in [-0.2, -0.15) is 4.31 Å². The highest BCUT2D eigenvalue weighted by Gasteiger charge is 2.32. The fourth-order valence-electron chi connectivity index (χ4n) is 3.84. The Bertz CT molecular complexity index is 982. The zero-order valence-corrected chi connectivity index (χ0v) is 16.4. The minimum Gasteiger partial charge on any atom is -0.446 e.